The van der Waals surface area contributed by atoms with Crippen molar-refractivity contribution in [2.75, 3.05) is 0 Å². The van der Waals surface area contributed by atoms with Gasteiger partial charge in [0.15, 0.2) is 0 Å². The lowest BCUT2D eigenvalue weighted by Gasteiger charge is -2.20. The largest absolute Gasteiger partial charge is 0.326 e. The van der Waals surface area contributed by atoms with Gasteiger partial charge in [-0.15, -0.1) is 0 Å². The predicted octanol–water partition coefficient (Wildman–Crippen LogP) is 2.94. The Morgan fingerprint density at radius 1 is 0.952 bits per heavy atom. The summed E-state index contributed by atoms with van der Waals surface area (Å²) in [7, 11) is 0. The van der Waals surface area contributed by atoms with Gasteiger partial charge in [-0.3, -0.25) is 4.98 Å². The molecule has 2 atom stereocenters. The van der Waals surface area contributed by atoms with E-state index in [4.69, 9.17) is 5.73 Å². The fourth-order valence-electron chi connectivity index (χ4n) is 2.51. The second-order valence-corrected chi connectivity index (χ2v) is 5.07. The van der Waals surface area contributed by atoms with Gasteiger partial charge in [0.25, 0.3) is 0 Å². The quantitative estimate of drug-likeness (QED) is 0.798. The van der Waals surface area contributed by atoms with Crippen molar-refractivity contribution < 1.29 is 0 Å². The molecule has 0 spiro atoms. The van der Waals surface area contributed by atoms with Crippen molar-refractivity contribution in [1.82, 2.24) is 14.5 Å². The van der Waals surface area contributed by atoms with E-state index in [-0.39, 0.29) is 12.1 Å². The van der Waals surface area contributed by atoms with E-state index >= 15 is 0 Å². The first-order valence-corrected chi connectivity index (χ1v) is 6.99. The molecule has 0 aliphatic rings. The van der Waals surface area contributed by atoms with E-state index in [0.29, 0.717) is 0 Å². The molecule has 3 aromatic rings. The van der Waals surface area contributed by atoms with Crippen LogP contribution in [0.4, 0.5) is 0 Å². The number of pyridine rings is 1. The first-order valence-electron chi connectivity index (χ1n) is 6.99. The average molecular weight is 278 g/mol. The Bertz CT molecular complexity index is 631. The Balaban J connectivity index is 1.94. The molecular weight excluding hydrogens is 260 g/mol. The first kappa shape index (κ1) is 13.5. The van der Waals surface area contributed by atoms with Crippen LogP contribution in [-0.2, 0) is 0 Å². The Morgan fingerprint density at radius 2 is 1.67 bits per heavy atom. The summed E-state index contributed by atoms with van der Waals surface area (Å²) < 4.78 is 2.12. The van der Waals surface area contributed by atoms with E-state index in [0.717, 1.165) is 11.3 Å². The minimum atomic E-state index is -0.182. The van der Waals surface area contributed by atoms with Gasteiger partial charge in [0.1, 0.15) is 0 Å². The molecule has 0 aliphatic heterocycles. The molecule has 2 unspecified atom stereocenters. The topological polar surface area (TPSA) is 56.7 Å². The maximum Gasteiger partial charge on any atom is 0.0954 e. The third kappa shape index (κ3) is 2.71. The summed E-state index contributed by atoms with van der Waals surface area (Å²) in [5, 5.41) is 0. The second-order valence-electron chi connectivity index (χ2n) is 5.07. The minimum absolute atomic E-state index is 0.167. The molecular formula is C17H18N4. The lowest BCUT2D eigenvalue weighted by Crippen LogP contribution is -2.18. The van der Waals surface area contributed by atoms with E-state index in [1.165, 1.54) is 5.56 Å². The third-order valence-corrected chi connectivity index (χ3v) is 3.78. The van der Waals surface area contributed by atoms with Crippen molar-refractivity contribution in [1.29, 1.82) is 0 Å². The molecule has 0 amide bonds. The zero-order valence-corrected chi connectivity index (χ0v) is 11.9. The molecule has 4 heteroatoms. The Hall–Kier alpha value is -2.46. The molecule has 0 radical (unpaired) electrons. The number of nitrogens with zero attached hydrogens (tertiary/aromatic N) is 3. The molecule has 21 heavy (non-hydrogen) atoms. The summed E-state index contributed by atoms with van der Waals surface area (Å²) in [5.74, 6) is 0. The highest BCUT2D eigenvalue weighted by molar-refractivity contribution is 5.28. The summed E-state index contributed by atoms with van der Waals surface area (Å²) in [6, 6.07) is 14.1. The molecule has 2 heterocycles. The summed E-state index contributed by atoms with van der Waals surface area (Å²) in [6.07, 6.45) is 7.29. The predicted molar refractivity (Wildman–Crippen MR) is 82.7 cm³/mol. The van der Waals surface area contributed by atoms with Gasteiger partial charge in [-0.25, -0.2) is 4.98 Å². The molecule has 3 rings (SSSR count). The van der Waals surface area contributed by atoms with Gasteiger partial charge in [-0.2, -0.15) is 0 Å². The average Bonchev–Trinajstić information content (AvgIpc) is 3.04. The standard InChI is InChI=1S/C17H18N4/c1-13(14-7-9-19-10-8-14)21-12-20-11-16(21)17(18)15-5-3-2-4-6-15/h2-13,17H,18H2,1H3. The number of hydrogen-bond donors (Lipinski definition) is 1. The van der Waals surface area contributed by atoms with E-state index in [2.05, 4.69) is 21.5 Å². The summed E-state index contributed by atoms with van der Waals surface area (Å²) in [4.78, 5) is 8.35. The highest BCUT2D eigenvalue weighted by atomic mass is 15.1. The van der Waals surface area contributed by atoms with Crippen LogP contribution in [-0.4, -0.2) is 14.5 Å². The van der Waals surface area contributed by atoms with E-state index < -0.39 is 0 Å². The van der Waals surface area contributed by atoms with Gasteiger partial charge in [0.05, 0.1) is 30.3 Å². The number of rotatable bonds is 4. The molecule has 2 aromatic heterocycles. The molecule has 2 N–H and O–H groups in total. The van der Waals surface area contributed by atoms with Crippen LogP contribution in [0.25, 0.3) is 0 Å². The Kier molecular flexibility index (Phi) is 3.79. The smallest absolute Gasteiger partial charge is 0.0954 e. The molecule has 0 saturated heterocycles. The van der Waals surface area contributed by atoms with Gasteiger partial charge >= 0.3 is 0 Å². The zero-order valence-electron chi connectivity index (χ0n) is 11.9. The normalized spacial score (nSPS) is 13.8. The SMILES string of the molecule is CC(c1ccncc1)n1cncc1C(N)c1ccccc1. The molecule has 4 nitrogen and oxygen atoms in total. The summed E-state index contributed by atoms with van der Waals surface area (Å²) >= 11 is 0. The van der Waals surface area contributed by atoms with Crippen molar-refractivity contribution in [2.45, 2.75) is 19.0 Å². The fraction of sp³-hybridized carbons (Fsp3) is 0.176. The molecule has 106 valence electrons. The van der Waals surface area contributed by atoms with Crippen molar-refractivity contribution in [3.63, 3.8) is 0 Å². The summed E-state index contributed by atoms with van der Waals surface area (Å²) in [5.41, 5.74) is 9.68. The monoisotopic (exact) mass is 278 g/mol. The molecule has 0 fully saturated rings. The van der Waals surface area contributed by atoms with Gasteiger partial charge in [-0.1, -0.05) is 30.3 Å². The Morgan fingerprint density at radius 3 is 2.38 bits per heavy atom. The van der Waals surface area contributed by atoms with Crippen LogP contribution in [0.1, 0.15) is 35.8 Å². The zero-order chi connectivity index (χ0) is 14.7. The number of imidazole rings is 1. The maximum atomic E-state index is 6.40. The molecule has 1 aromatic carbocycles. The summed E-state index contributed by atoms with van der Waals surface area (Å²) in [6.45, 7) is 2.14. The third-order valence-electron chi connectivity index (χ3n) is 3.78. The fourth-order valence-corrected chi connectivity index (χ4v) is 2.51. The maximum absolute atomic E-state index is 6.40. The lowest BCUT2D eigenvalue weighted by molar-refractivity contribution is 0.590. The van der Waals surface area contributed by atoms with Crippen LogP contribution in [0, 0.1) is 0 Å². The molecule has 0 aliphatic carbocycles. The molecule has 0 saturated carbocycles. The van der Waals surface area contributed by atoms with Crippen LogP contribution >= 0.6 is 0 Å². The van der Waals surface area contributed by atoms with Crippen LogP contribution in [0.2, 0.25) is 0 Å². The minimum Gasteiger partial charge on any atom is -0.326 e. The lowest BCUT2D eigenvalue weighted by atomic mass is 10.0. The van der Waals surface area contributed by atoms with E-state index in [1.807, 2.05) is 55.0 Å². The Labute approximate surface area is 124 Å². The van der Waals surface area contributed by atoms with Gasteiger partial charge in [-0.05, 0) is 30.2 Å². The van der Waals surface area contributed by atoms with Gasteiger partial charge < -0.3 is 10.3 Å². The number of nitrogens with two attached hydrogens (primary N) is 1. The first-order chi connectivity index (χ1) is 10.3. The highest BCUT2D eigenvalue weighted by Gasteiger charge is 2.17. The van der Waals surface area contributed by atoms with Crippen LogP contribution in [0.5, 0.6) is 0 Å². The van der Waals surface area contributed by atoms with Crippen molar-refractivity contribution in [3.05, 3.63) is 84.2 Å². The van der Waals surface area contributed by atoms with Crippen LogP contribution in [0.3, 0.4) is 0 Å². The van der Waals surface area contributed by atoms with Gasteiger partial charge in [0, 0.05) is 12.4 Å². The van der Waals surface area contributed by atoms with Crippen molar-refractivity contribution in [3.8, 4) is 0 Å². The van der Waals surface area contributed by atoms with Crippen LogP contribution in [0.15, 0.2) is 67.4 Å². The van der Waals surface area contributed by atoms with Crippen molar-refractivity contribution in [2.24, 2.45) is 5.73 Å². The van der Waals surface area contributed by atoms with E-state index in [9.17, 15) is 0 Å². The van der Waals surface area contributed by atoms with Crippen LogP contribution < -0.4 is 5.73 Å². The van der Waals surface area contributed by atoms with Gasteiger partial charge in [0.2, 0.25) is 0 Å². The highest BCUT2D eigenvalue weighted by Crippen LogP contribution is 2.25. The number of benzene rings is 1. The number of hydrogen-bond acceptors (Lipinski definition) is 3. The van der Waals surface area contributed by atoms with E-state index in [1.54, 1.807) is 12.4 Å². The number of aromatic nitrogens is 3. The van der Waals surface area contributed by atoms with Crippen molar-refractivity contribution >= 4 is 0 Å². The molecule has 0 bridgehead atoms. The second kappa shape index (κ2) is 5.89.